The normalized spacial score (nSPS) is 11.0. The second-order valence-electron chi connectivity index (χ2n) is 5.77. The highest BCUT2D eigenvalue weighted by atomic mass is 19.4. The Labute approximate surface area is 160 Å². The second-order valence-corrected chi connectivity index (χ2v) is 5.77. The highest BCUT2D eigenvalue weighted by Gasteiger charge is 2.31. The van der Waals surface area contributed by atoms with Crippen LogP contribution in [0.1, 0.15) is 15.9 Å². The van der Waals surface area contributed by atoms with E-state index in [9.17, 15) is 18.0 Å². The number of carbonyl (C=O) groups is 1. The van der Waals surface area contributed by atoms with E-state index in [1.165, 1.54) is 62.6 Å². The van der Waals surface area contributed by atoms with Gasteiger partial charge in [-0.25, -0.2) is 0 Å². The lowest BCUT2D eigenvalue weighted by molar-refractivity contribution is -0.274. The molecule has 0 aliphatic rings. The van der Waals surface area contributed by atoms with Gasteiger partial charge < -0.3 is 23.8 Å². The van der Waals surface area contributed by atoms with Crippen LogP contribution >= 0.6 is 0 Å². The van der Waals surface area contributed by atoms with Crippen molar-refractivity contribution >= 4 is 5.91 Å². The molecule has 0 aliphatic heterocycles. The van der Waals surface area contributed by atoms with Crippen LogP contribution in [0.4, 0.5) is 13.2 Å². The molecule has 2 rings (SSSR count). The summed E-state index contributed by atoms with van der Waals surface area (Å²) in [7, 11) is 5.92. The third kappa shape index (κ3) is 5.21. The quantitative estimate of drug-likeness (QED) is 0.707. The lowest BCUT2D eigenvalue weighted by atomic mass is 10.1. The molecule has 0 heterocycles. The molecule has 9 heteroatoms. The molecule has 1 amide bonds. The summed E-state index contributed by atoms with van der Waals surface area (Å²) in [5.74, 6) is 0.397. The molecule has 0 atom stereocenters. The second kappa shape index (κ2) is 8.73. The molecule has 0 fully saturated rings. The minimum atomic E-state index is -4.75. The van der Waals surface area contributed by atoms with E-state index in [2.05, 4.69) is 4.74 Å². The van der Waals surface area contributed by atoms with E-state index in [0.29, 0.717) is 28.4 Å². The first-order valence-electron chi connectivity index (χ1n) is 8.08. The number of hydrogen-bond acceptors (Lipinski definition) is 5. The van der Waals surface area contributed by atoms with Crippen molar-refractivity contribution in [3.63, 3.8) is 0 Å². The molecule has 0 aliphatic carbocycles. The van der Waals surface area contributed by atoms with Gasteiger partial charge in [0.15, 0.2) is 11.5 Å². The van der Waals surface area contributed by atoms with Crippen LogP contribution in [0.5, 0.6) is 23.0 Å². The minimum absolute atomic E-state index is 0.182. The number of nitrogens with zero attached hydrogens (tertiary/aromatic N) is 1. The smallest absolute Gasteiger partial charge is 0.493 e. The van der Waals surface area contributed by atoms with Gasteiger partial charge in [-0.3, -0.25) is 4.79 Å². The number of alkyl halides is 3. The fourth-order valence-electron chi connectivity index (χ4n) is 2.57. The molecule has 0 N–H and O–H groups in total. The molecule has 0 spiro atoms. The average molecular weight is 399 g/mol. The number of methoxy groups -OCH3 is 3. The van der Waals surface area contributed by atoms with Gasteiger partial charge in [-0.2, -0.15) is 0 Å². The van der Waals surface area contributed by atoms with Crippen molar-refractivity contribution in [2.24, 2.45) is 0 Å². The van der Waals surface area contributed by atoms with Gasteiger partial charge in [0.05, 0.1) is 21.3 Å². The summed E-state index contributed by atoms with van der Waals surface area (Å²) in [5, 5.41) is 0. The van der Waals surface area contributed by atoms with E-state index < -0.39 is 6.36 Å². The van der Waals surface area contributed by atoms with Crippen molar-refractivity contribution in [3.8, 4) is 23.0 Å². The lowest BCUT2D eigenvalue weighted by Gasteiger charge is -2.19. The largest absolute Gasteiger partial charge is 0.573 e. The van der Waals surface area contributed by atoms with Gasteiger partial charge in [-0.05, 0) is 29.8 Å². The fourth-order valence-corrected chi connectivity index (χ4v) is 2.57. The Morgan fingerprint density at radius 2 is 1.50 bits per heavy atom. The molecule has 0 radical (unpaired) electrons. The molecular formula is C19H20F3NO5. The van der Waals surface area contributed by atoms with E-state index in [4.69, 9.17) is 14.2 Å². The lowest BCUT2D eigenvalue weighted by Crippen LogP contribution is -2.26. The number of hydrogen-bond donors (Lipinski definition) is 0. The van der Waals surface area contributed by atoms with E-state index in [-0.39, 0.29) is 18.2 Å². The SMILES string of the molecule is COc1cc(C(=O)N(C)Cc2ccc(OC(F)(F)F)cc2)cc(OC)c1OC. The first-order valence-corrected chi connectivity index (χ1v) is 8.08. The molecule has 6 nitrogen and oxygen atoms in total. The summed E-state index contributed by atoms with van der Waals surface area (Å²) in [4.78, 5) is 14.2. The summed E-state index contributed by atoms with van der Waals surface area (Å²) in [6.07, 6.45) is -4.75. The summed E-state index contributed by atoms with van der Waals surface area (Å²) in [5.41, 5.74) is 0.951. The van der Waals surface area contributed by atoms with Crippen molar-refractivity contribution in [1.29, 1.82) is 0 Å². The zero-order chi connectivity index (χ0) is 20.9. The zero-order valence-corrected chi connectivity index (χ0v) is 15.8. The molecule has 0 saturated heterocycles. The average Bonchev–Trinajstić information content (AvgIpc) is 2.66. The van der Waals surface area contributed by atoms with Crippen LogP contribution < -0.4 is 18.9 Å². The van der Waals surface area contributed by atoms with Crippen molar-refractivity contribution in [3.05, 3.63) is 47.5 Å². The molecule has 152 valence electrons. The van der Waals surface area contributed by atoms with Crippen molar-refractivity contribution in [2.45, 2.75) is 12.9 Å². The summed E-state index contributed by atoms with van der Waals surface area (Å²) < 4.78 is 56.2. The maximum Gasteiger partial charge on any atom is 0.573 e. The summed E-state index contributed by atoms with van der Waals surface area (Å²) >= 11 is 0. The Bertz CT molecular complexity index is 796. The predicted molar refractivity (Wildman–Crippen MR) is 95.0 cm³/mol. The van der Waals surface area contributed by atoms with E-state index in [1.54, 1.807) is 7.05 Å². The molecule has 0 saturated carbocycles. The predicted octanol–water partition coefficient (Wildman–Crippen LogP) is 3.88. The maximum absolute atomic E-state index is 12.7. The van der Waals surface area contributed by atoms with Gasteiger partial charge in [0.25, 0.3) is 5.91 Å². The first kappa shape index (κ1) is 21.2. The molecule has 0 aromatic heterocycles. The standard InChI is InChI=1S/C19H20F3NO5/c1-23(11-12-5-7-14(8-6-12)28-19(20,21)22)18(24)13-9-15(25-2)17(27-4)16(10-13)26-3/h5-10H,11H2,1-4H3. The molecule has 0 unspecified atom stereocenters. The van der Waals surface area contributed by atoms with Crippen LogP contribution in [-0.2, 0) is 6.54 Å². The van der Waals surface area contributed by atoms with E-state index in [1.807, 2.05) is 0 Å². The van der Waals surface area contributed by atoms with Gasteiger partial charge in [0, 0.05) is 19.2 Å². The van der Waals surface area contributed by atoms with Gasteiger partial charge in [0.2, 0.25) is 5.75 Å². The maximum atomic E-state index is 12.7. The molecule has 0 bridgehead atoms. The Morgan fingerprint density at radius 3 is 1.93 bits per heavy atom. The molecular weight excluding hydrogens is 379 g/mol. The van der Waals surface area contributed by atoms with Gasteiger partial charge in [-0.1, -0.05) is 12.1 Å². The Balaban J connectivity index is 2.16. The topological polar surface area (TPSA) is 57.2 Å². The Hall–Kier alpha value is -3.10. The number of carbonyl (C=O) groups excluding carboxylic acids is 1. The van der Waals surface area contributed by atoms with Crippen LogP contribution in [0.2, 0.25) is 0 Å². The van der Waals surface area contributed by atoms with Gasteiger partial charge in [0.1, 0.15) is 5.75 Å². The minimum Gasteiger partial charge on any atom is -0.493 e. The van der Waals surface area contributed by atoms with E-state index in [0.717, 1.165) is 0 Å². The monoisotopic (exact) mass is 399 g/mol. The van der Waals surface area contributed by atoms with Crippen molar-refractivity contribution < 1.29 is 36.9 Å². The van der Waals surface area contributed by atoms with Crippen LogP contribution in [-0.4, -0.2) is 45.5 Å². The van der Waals surface area contributed by atoms with Crippen molar-refractivity contribution in [1.82, 2.24) is 4.90 Å². The number of amides is 1. The number of ether oxygens (including phenoxy) is 4. The third-order valence-electron chi connectivity index (χ3n) is 3.84. The number of rotatable bonds is 7. The Morgan fingerprint density at radius 1 is 0.964 bits per heavy atom. The summed E-state index contributed by atoms with van der Waals surface area (Å²) in [6.45, 7) is 0.182. The third-order valence-corrected chi connectivity index (χ3v) is 3.84. The number of halogens is 3. The molecule has 28 heavy (non-hydrogen) atoms. The van der Waals surface area contributed by atoms with Crippen molar-refractivity contribution in [2.75, 3.05) is 28.4 Å². The van der Waals surface area contributed by atoms with E-state index >= 15 is 0 Å². The highest BCUT2D eigenvalue weighted by molar-refractivity contribution is 5.95. The van der Waals surface area contributed by atoms with Gasteiger partial charge in [-0.15, -0.1) is 13.2 Å². The van der Waals surface area contributed by atoms with Gasteiger partial charge >= 0.3 is 6.36 Å². The van der Waals surface area contributed by atoms with Crippen LogP contribution in [0.3, 0.4) is 0 Å². The van der Waals surface area contributed by atoms with Crippen LogP contribution in [0.15, 0.2) is 36.4 Å². The number of benzene rings is 2. The molecule has 2 aromatic carbocycles. The highest BCUT2D eigenvalue weighted by Crippen LogP contribution is 2.38. The fraction of sp³-hybridized carbons (Fsp3) is 0.316. The summed E-state index contributed by atoms with van der Waals surface area (Å²) in [6, 6.07) is 8.36. The van der Waals surface area contributed by atoms with Crippen LogP contribution in [0, 0.1) is 0 Å². The molecule has 2 aromatic rings. The van der Waals surface area contributed by atoms with Crippen LogP contribution in [0.25, 0.3) is 0 Å². The first-order chi connectivity index (χ1) is 13.2. The zero-order valence-electron chi connectivity index (χ0n) is 15.8. The Kier molecular flexibility index (Phi) is 6.61.